The maximum Gasteiger partial charge on any atom is 0.319 e. The van der Waals surface area contributed by atoms with Crippen LogP contribution in [0.5, 0.6) is 0 Å². The van der Waals surface area contributed by atoms with Gasteiger partial charge in [0.2, 0.25) is 0 Å². The third-order valence-electron chi connectivity index (χ3n) is 2.23. The van der Waals surface area contributed by atoms with E-state index in [4.69, 9.17) is 28.3 Å². The summed E-state index contributed by atoms with van der Waals surface area (Å²) in [6.07, 6.45) is 0. The van der Waals surface area contributed by atoms with E-state index >= 15 is 0 Å². The third kappa shape index (κ3) is 4.57. The molecule has 0 heterocycles. The molecule has 0 spiro atoms. The maximum absolute atomic E-state index is 13.1. The quantitative estimate of drug-likeness (QED) is 0.748. The van der Waals surface area contributed by atoms with Gasteiger partial charge in [-0.2, -0.15) is 0 Å². The van der Waals surface area contributed by atoms with E-state index in [2.05, 4.69) is 10.6 Å². The minimum absolute atomic E-state index is 0.0379. The van der Waals surface area contributed by atoms with Crippen molar-refractivity contribution in [1.29, 1.82) is 0 Å². The molecule has 1 unspecified atom stereocenters. The first kappa shape index (κ1) is 15.5. The number of hydrogen-bond acceptors (Lipinski definition) is 2. The molecule has 8 heteroatoms. The van der Waals surface area contributed by atoms with Crippen molar-refractivity contribution in [3.05, 3.63) is 28.0 Å². The van der Waals surface area contributed by atoms with Gasteiger partial charge >= 0.3 is 12.0 Å². The lowest BCUT2D eigenvalue weighted by Gasteiger charge is -2.10. The number of carboxylic acid groups (broad SMARTS) is 1. The molecule has 0 radical (unpaired) electrons. The molecule has 1 rings (SSSR count). The minimum atomic E-state index is -1.02. The fourth-order valence-electron chi connectivity index (χ4n) is 1.14. The maximum atomic E-state index is 13.1. The van der Waals surface area contributed by atoms with E-state index < -0.39 is 23.7 Å². The number of aliphatic carboxylic acids is 1. The van der Waals surface area contributed by atoms with Crippen molar-refractivity contribution in [3.8, 4) is 0 Å². The Morgan fingerprint density at radius 2 is 1.89 bits per heavy atom. The Hall–Kier alpha value is -1.53. The Morgan fingerprint density at radius 1 is 1.37 bits per heavy atom. The molecule has 0 aromatic heterocycles. The van der Waals surface area contributed by atoms with Crippen molar-refractivity contribution in [2.45, 2.75) is 6.92 Å². The molecule has 0 aliphatic heterocycles. The van der Waals surface area contributed by atoms with Gasteiger partial charge in [0.1, 0.15) is 0 Å². The lowest BCUT2D eigenvalue weighted by molar-refractivity contribution is -0.140. The first-order valence-electron chi connectivity index (χ1n) is 5.23. The first-order chi connectivity index (χ1) is 8.81. The molecule has 19 heavy (non-hydrogen) atoms. The number of hydrogen-bond donors (Lipinski definition) is 3. The molecule has 1 aromatic carbocycles. The van der Waals surface area contributed by atoms with Gasteiger partial charge < -0.3 is 15.7 Å². The van der Waals surface area contributed by atoms with Crippen LogP contribution in [-0.4, -0.2) is 23.7 Å². The summed E-state index contributed by atoms with van der Waals surface area (Å²) in [5, 5.41) is 12.9. The molecule has 0 fully saturated rings. The van der Waals surface area contributed by atoms with Gasteiger partial charge in [-0.1, -0.05) is 30.1 Å². The van der Waals surface area contributed by atoms with Crippen molar-refractivity contribution in [3.63, 3.8) is 0 Å². The van der Waals surface area contributed by atoms with Crippen molar-refractivity contribution < 1.29 is 19.1 Å². The summed E-state index contributed by atoms with van der Waals surface area (Å²) in [6, 6.07) is 1.76. The molecular formula is C11H11Cl2FN2O3. The summed E-state index contributed by atoms with van der Waals surface area (Å²) >= 11 is 11.1. The number of urea groups is 1. The number of carbonyl (C=O) groups excluding carboxylic acids is 1. The number of carboxylic acids is 1. The fraction of sp³-hybridized carbons (Fsp3) is 0.273. The number of amides is 2. The lowest BCUT2D eigenvalue weighted by Crippen LogP contribution is -2.34. The van der Waals surface area contributed by atoms with Crippen LogP contribution in [0, 0.1) is 11.7 Å². The second kappa shape index (κ2) is 6.58. The molecule has 0 saturated heterocycles. The highest BCUT2D eigenvalue weighted by Gasteiger charge is 2.13. The summed E-state index contributed by atoms with van der Waals surface area (Å²) in [4.78, 5) is 22.0. The molecular weight excluding hydrogens is 298 g/mol. The van der Waals surface area contributed by atoms with Crippen LogP contribution in [0.2, 0.25) is 10.0 Å². The second-order valence-electron chi connectivity index (χ2n) is 3.83. The van der Waals surface area contributed by atoms with Crippen LogP contribution in [0.15, 0.2) is 12.1 Å². The Morgan fingerprint density at radius 3 is 2.37 bits per heavy atom. The summed E-state index contributed by atoms with van der Waals surface area (Å²) in [6.45, 7) is 1.41. The van der Waals surface area contributed by atoms with Crippen molar-refractivity contribution in [1.82, 2.24) is 5.32 Å². The van der Waals surface area contributed by atoms with Crippen LogP contribution in [-0.2, 0) is 4.79 Å². The summed E-state index contributed by atoms with van der Waals surface area (Å²) < 4.78 is 13.1. The highest BCUT2D eigenvalue weighted by atomic mass is 35.5. The topological polar surface area (TPSA) is 78.4 Å². The van der Waals surface area contributed by atoms with E-state index in [1.807, 2.05) is 0 Å². The molecule has 0 aliphatic rings. The molecule has 0 bridgehead atoms. The first-order valence-corrected chi connectivity index (χ1v) is 5.99. The van der Waals surface area contributed by atoms with Gasteiger partial charge in [-0.25, -0.2) is 9.18 Å². The van der Waals surface area contributed by atoms with Gasteiger partial charge in [0, 0.05) is 12.2 Å². The summed E-state index contributed by atoms with van der Waals surface area (Å²) in [7, 11) is 0. The van der Waals surface area contributed by atoms with Crippen LogP contribution < -0.4 is 10.6 Å². The lowest BCUT2D eigenvalue weighted by atomic mass is 10.2. The van der Waals surface area contributed by atoms with Crippen molar-refractivity contribution in [2.75, 3.05) is 11.9 Å². The van der Waals surface area contributed by atoms with E-state index in [1.165, 1.54) is 19.1 Å². The average Bonchev–Trinajstić information content (AvgIpc) is 2.32. The largest absolute Gasteiger partial charge is 0.481 e. The van der Waals surface area contributed by atoms with Crippen molar-refractivity contribution >= 4 is 40.9 Å². The van der Waals surface area contributed by atoms with E-state index in [9.17, 15) is 14.0 Å². The van der Waals surface area contributed by atoms with E-state index in [-0.39, 0.29) is 22.3 Å². The van der Waals surface area contributed by atoms with Crippen LogP contribution in [0.1, 0.15) is 6.92 Å². The molecule has 3 N–H and O–H groups in total. The van der Waals surface area contributed by atoms with E-state index in [1.54, 1.807) is 0 Å². The van der Waals surface area contributed by atoms with Gasteiger partial charge in [-0.3, -0.25) is 4.79 Å². The van der Waals surface area contributed by atoms with Crippen LogP contribution in [0.25, 0.3) is 0 Å². The Bertz CT molecular complexity index is 488. The molecule has 5 nitrogen and oxygen atoms in total. The van der Waals surface area contributed by atoms with Crippen LogP contribution >= 0.6 is 23.2 Å². The zero-order valence-electron chi connectivity index (χ0n) is 9.84. The van der Waals surface area contributed by atoms with Crippen LogP contribution in [0.3, 0.4) is 0 Å². The molecule has 1 atom stereocenters. The summed E-state index contributed by atoms with van der Waals surface area (Å²) in [5.41, 5.74) is 0.205. The van der Waals surface area contributed by atoms with Gasteiger partial charge in [-0.05, 0) is 12.1 Å². The predicted molar refractivity (Wildman–Crippen MR) is 70.2 cm³/mol. The molecule has 104 valence electrons. The SMILES string of the molecule is CC(CNC(=O)Nc1cc(Cl)c(F)c(Cl)c1)C(=O)O. The van der Waals surface area contributed by atoms with Gasteiger partial charge in [0.25, 0.3) is 0 Å². The van der Waals surface area contributed by atoms with Gasteiger partial charge in [-0.15, -0.1) is 0 Å². The molecule has 1 aromatic rings. The minimum Gasteiger partial charge on any atom is -0.481 e. The normalized spacial score (nSPS) is 11.8. The second-order valence-corrected chi connectivity index (χ2v) is 4.64. The zero-order chi connectivity index (χ0) is 14.6. The zero-order valence-corrected chi connectivity index (χ0v) is 11.3. The van der Waals surface area contributed by atoms with E-state index in [0.29, 0.717) is 0 Å². The number of benzene rings is 1. The third-order valence-corrected chi connectivity index (χ3v) is 2.78. The average molecular weight is 309 g/mol. The molecule has 0 aliphatic carbocycles. The highest BCUT2D eigenvalue weighted by Crippen LogP contribution is 2.27. The van der Waals surface area contributed by atoms with Gasteiger partial charge in [0.05, 0.1) is 16.0 Å². The molecule has 0 saturated carbocycles. The number of anilines is 1. The highest BCUT2D eigenvalue weighted by molar-refractivity contribution is 6.35. The van der Waals surface area contributed by atoms with Crippen LogP contribution in [0.4, 0.5) is 14.9 Å². The Balaban J connectivity index is 2.60. The molecule has 2 amide bonds. The Kier molecular flexibility index (Phi) is 5.38. The summed E-state index contributed by atoms with van der Waals surface area (Å²) in [5.74, 6) is -2.51. The van der Waals surface area contributed by atoms with Crippen molar-refractivity contribution in [2.24, 2.45) is 5.92 Å². The number of rotatable bonds is 4. The smallest absolute Gasteiger partial charge is 0.319 e. The number of halogens is 3. The number of nitrogens with one attached hydrogen (secondary N) is 2. The number of carbonyl (C=O) groups is 2. The fourth-order valence-corrected chi connectivity index (χ4v) is 1.62. The van der Waals surface area contributed by atoms with E-state index in [0.717, 1.165) is 0 Å². The monoisotopic (exact) mass is 308 g/mol. The van der Waals surface area contributed by atoms with Gasteiger partial charge in [0.15, 0.2) is 5.82 Å². The standard InChI is InChI=1S/C11H11Cl2FN2O3/c1-5(10(17)18)4-15-11(19)16-6-2-7(12)9(14)8(13)3-6/h2-3,5H,4H2,1H3,(H,17,18)(H2,15,16,19). The Labute approximate surface area is 118 Å². The predicted octanol–water partition coefficient (Wildman–Crippen LogP) is 2.97.